The molecule has 2 unspecified atom stereocenters. The largest absolute Gasteiger partial charge is 0.393 e. The molecule has 1 aromatic heterocycles. The molecule has 0 radical (unpaired) electrons. The molecule has 2 fully saturated rings. The van der Waals surface area contributed by atoms with Gasteiger partial charge in [-0.1, -0.05) is 12.1 Å². The Kier molecular flexibility index (Phi) is 7.16. The highest BCUT2D eigenvalue weighted by Crippen LogP contribution is 2.32. The molecule has 2 atom stereocenters. The quantitative estimate of drug-likeness (QED) is 0.417. The Morgan fingerprint density at radius 3 is 2.70 bits per heavy atom. The number of carbonyl (C=O) groups is 2. The van der Waals surface area contributed by atoms with Gasteiger partial charge in [0, 0.05) is 24.5 Å². The van der Waals surface area contributed by atoms with Crippen molar-refractivity contribution in [1.82, 2.24) is 10.3 Å². The number of thiazole rings is 1. The summed E-state index contributed by atoms with van der Waals surface area (Å²) in [6.07, 6.45) is 4.45. The molecule has 1 saturated heterocycles. The van der Waals surface area contributed by atoms with Crippen molar-refractivity contribution in [2.24, 2.45) is 5.73 Å². The summed E-state index contributed by atoms with van der Waals surface area (Å²) in [5.74, 6) is -0.601. The van der Waals surface area contributed by atoms with Gasteiger partial charge in [-0.05, 0) is 57.7 Å². The van der Waals surface area contributed by atoms with E-state index in [-0.39, 0.29) is 24.0 Å². The predicted molar refractivity (Wildman–Crippen MR) is 131 cm³/mol. The van der Waals surface area contributed by atoms with Crippen LogP contribution in [0.4, 0.5) is 16.5 Å². The smallest absolute Gasteiger partial charge is 0.275 e. The number of aromatic nitrogens is 1. The molecule has 10 heteroatoms. The summed E-state index contributed by atoms with van der Waals surface area (Å²) in [4.78, 5) is 31.5. The molecule has 1 aliphatic heterocycles. The SMILES string of the molecule is CNC1(C(N)=O)CCN(c2ccccc2NC(=O)c2csc(NC3CCCC(O)C3)n2)CC1. The monoisotopic (exact) mass is 472 g/mol. The number of carbonyl (C=O) groups excluding carboxylic acids is 2. The van der Waals surface area contributed by atoms with Gasteiger partial charge in [-0.2, -0.15) is 0 Å². The van der Waals surface area contributed by atoms with E-state index < -0.39 is 5.54 Å². The number of benzene rings is 1. The molecule has 4 rings (SSSR count). The van der Waals surface area contributed by atoms with Crippen LogP contribution < -0.4 is 26.6 Å². The first-order chi connectivity index (χ1) is 15.9. The fourth-order valence-corrected chi connectivity index (χ4v) is 5.47. The summed E-state index contributed by atoms with van der Waals surface area (Å²) in [6.45, 7) is 1.29. The second kappa shape index (κ2) is 10.1. The molecule has 1 aromatic carbocycles. The van der Waals surface area contributed by atoms with Crippen LogP contribution in [-0.4, -0.2) is 59.7 Å². The molecular weight excluding hydrogens is 440 g/mol. The Balaban J connectivity index is 1.41. The highest BCUT2D eigenvalue weighted by atomic mass is 32.1. The second-order valence-electron chi connectivity index (χ2n) is 8.85. The Morgan fingerprint density at radius 2 is 2.00 bits per heavy atom. The molecule has 1 aliphatic carbocycles. The molecule has 2 amide bonds. The molecule has 0 spiro atoms. The number of likely N-dealkylation sites (N-methyl/N-ethyl adjacent to an activating group) is 1. The number of aliphatic hydroxyl groups is 1. The zero-order chi connectivity index (χ0) is 23.4. The van der Waals surface area contributed by atoms with Gasteiger partial charge in [0.15, 0.2) is 5.13 Å². The van der Waals surface area contributed by atoms with Gasteiger partial charge in [-0.3, -0.25) is 9.59 Å². The van der Waals surface area contributed by atoms with Crippen molar-refractivity contribution in [3.63, 3.8) is 0 Å². The maximum Gasteiger partial charge on any atom is 0.275 e. The minimum Gasteiger partial charge on any atom is -0.393 e. The lowest BCUT2D eigenvalue weighted by molar-refractivity contribution is -0.125. The topological polar surface area (TPSA) is 133 Å². The van der Waals surface area contributed by atoms with Gasteiger partial charge in [-0.15, -0.1) is 11.3 Å². The number of amides is 2. The third-order valence-electron chi connectivity index (χ3n) is 6.77. The Hall–Kier alpha value is -2.69. The van der Waals surface area contributed by atoms with Crippen molar-refractivity contribution in [2.45, 2.75) is 56.2 Å². The summed E-state index contributed by atoms with van der Waals surface area (Å²) >= 11 is 1.39. The maximum atomic E-state index is 12.9. The number of aliphatic hydroxyl groups excluding tert-OH is 1. The fraction of sp³-hybridized carbons (Fsp3) is 0.522. The lowest BCUT2D eigenvalue weighted by Crippen LogP contribution is -2.59. The van der Waals surface area contributed by atoms with Crippen LogP contribution in [-0.2, 0) is 4.79 Å². The number of primary amides is 1. The minimum atomic E-state index is -0.687. The second-order valence-corrected chi connectivity index (χ2v) is 9.71. The van der Waals surface area contributed by atoms with E-state index in [0.29, 0.717) is 48.9 Å². The van der Waals surface area contributed by atoms with Crippen molar-refractivity contribution in [3.8, 4) is 0 Å². The molecule has 6 N–H and O–H groups in total. The average Bonchev–Trinajstić information content (AvgIpc) is 3.28. The molecular formula is C23H32N6O3S. The lowest BCUT2D eigenvalue weighted by Gasteiger charge is -2.41. The van der Waals surface area contributed by atoms with Crippen LogP contribution in [0.2, 0.25) is 0 Å². The molecule has 33 heavy (non-hydrogen) atoms. The fourth-order valence-electron chi connectivity index (χ4n) is 4.70. The van der Waals surface area contributed by atoms with Crippen molar-refractivity contribution >= 4 is 39.7 Å². The first kappa shape index (κ1) is 23.5. The maximum absolute atomic E-state index is 12.9. The van der Waals surface area contributed by atoms with Gasteiger partial charge in [-0.25, -0.2) is 4.98 Å². The number of nitrogens with one attached hydrogen (secondary N) is 3. The molecule has 2 heterocycles. The van der Waals surface area contributed by atoms with Crippen LogP contribution in [0.3, 0.4) is 0 Å². The van der Waals surface area contributed by atoms with Crippen LogP contribution in [0.15, 0.2) is 29.6 Å². The Labute approximate surface area is 197 Å². The van der Waals surface area contributed by atoms with E-state index >= 15 is 0 Å². The third kappa shape index (κ3) is 5.29. The summed E-state index contributed by atoms with van der Waals surface area (Å²) in [5, 5.41) is 21.7. The lowest BCUT2D eigenvalue weighted by atomic mass is 9.86. The number of hydrogen-bond acceptors (Lipinski definition) is 8. The van der Waals surface area contributed by atoms with E-state index in [1.165, 1.54) is 11.3 Å². The van der Waals surface area contributed by atoms with Crippen LogP contribution in [0.25, 0.3) is 0 Å². The third-order valence-corrected chi connectivity index (χ3v) is 7.54. The summed E-state index contributed by atoms with van der Waals surface area (Å²) in [6, 6.07) is 7.83. The first-order valence-corrected chi connectivity index (χ1v) is 12.3. The normalized spacial score (nSPS) is 22.5. The molecule has 1 saturated carbocycles. The first-order valence-electron chi connectivity index (χ1n) is 11.4. The van der Waals surface area contributed by atoms with Gasteiger partial charge >= 0.3 is 0 Å². The Bertz CT molecular complexity index is 988. The van der Waals surface area contributed by atoms with Crippen molar-refractivity contribution in [3.05, 3.63) is 35.3 Å². The highest BCUT2D eigenvalue weighted by Gasteiger charge is 2.38. The van der Waals surface area contributed by atoms with Crippen molar-refractivity contribution < 1.29 is 14.7 Å². The molecule has 2 aliphatic rings. The molecule has 178 valence electrons. The predicted octanol–water partition coefficient (Wildman–Crippen LogP) is 2.15. The van der Waals surface area contributed by atoms with Gasteiger partial charge < -0.3 is 31.7 Å². The summed E-state index contributed by atoms with van der Waals surface area (Å²) in [7, 11) is 1.77. The number of para-hydroxylation sites is 2. The van der Waals surface area contributed by atoms with E-state index in [4.69, 9.17) is 5.73 Å². The van der Waals surface area contributed by atoms with E-state index in [0.717, 1.165) is 24.9 Å². The van der Waals surface area contributed by atoms with Gasteiger partial charge in [0.2, 0.25) is 5.91 Å². The standard InChI is InChI=1S/C23H32N6O3S/c1-25-23(21(24)32)9-11-29(12-10-23)19-8-3-2-7-17(19)27-20(31)18-14-33-22(28-18)26-15-5-4-6-16(30)13-15/h2-3,7-8,14-16,25,30H,4-6,9-13H2,1H3,(H2,24,32)(H,26,28)(H,27,31). The number of anilines is 3. The van der Waals surface area contributed by atoms with E-state index in [1.54, 1.807) is 12.4 Å². The molecule has 2 aromatic rings. The molecule has 9 nitrogen and oxygen atoms in total. The highest BCUT2D eigenvalue weighted by molar-refractivity contribution is 7.13. The minimum absolute atomic E-state index is 0.181. The van der Waals surface area contributed by atoms with Crippen LogP contribution in [0.1, 0.15) is 49.0 Å². The van der Waals surface area contributed by atoms with Crippen molar-refractivity contribution in [2.75, 3.05) is 35.7 Å². The van der Waals surface area contributed by atoms with Gasteiger partial charge in [0.25, 0.3) is 5.91 Å². The number of nitrogens with zero attached hydrogens (tertiary/aromatic N) is 2. The zero-order valence-electron chi connectivity index (χ0n) is 18.8. The van der Waals surface area contributed by atoms with E-state index in [2.05, 4.69) is 25.8 Å². The van der Waals surface area contributed by atoms with Crippen molar-refractivity contribution in [1.29, 1.82) is 0 Å². The number of hydrogen-bond donors (Lipinski definition) is 5. The molecule has 0 bridgehead atoms. The zero-order valence-corrected chi connectivity index (χ0v) is 19.7. The summed E-state index contributed by atoms with van der Waals surface area (Å²) < 4.78 is 0. The average molecular weight is 473 g/mol. The van der Waals surface area contributed by atoms with E-state index in [9.17, 15) is 14.7 Å². The van der Waals surface area contributed by atoms with Crippen LogP contribution in [0, 0.1) is 0 Å². The summed E-state index contributed by atoms with van der Waals surface area (Å²) in [5.41, 5.74) is 6.91. The van der Waals surface area contributed by atoms with Crippen LogP contribution in [0.5, 0.6) is 0 Å². The van der Waals surface area contributed by atoms with Gasteiger partial charge in [0.1, 0.15) is 11.2 Å². The van der Waals surface area contributed by atoms with Gasteiger partial charge in [0.05, 0.1) is 17.5 Å². The number of rotatable bonds is 7. The van der Waals surface area contributed by atoms with Crippen LogP contribution >= 0.6 is 11.3 Å². The number of piperidine rings is 1. The van der Waals surface area contributed by atoms with E-state index in [1.807, 2.05) is 24.3 Å². The number of nitrogens with two attached hydrogens (primary N) is 1. The Morgan fingerprint density at radius 1 is 1.24 bits per heavy atom.